The van der Waals surface area contributed by atoms with Crippen LogP contribution in [0.3, 0.4) is 0 Å². The zero-order valence-electron chi connectivity index (χ0n) is 18.3. The lowest BCUT2D eigenvalue weighted by atomic mass is 10.1. The number of hydrogen-bond donors (Lipinski definition) is 2. The van der Waals surface area contributed by atoms with E-state index >= 15 is 0 Å². The highest BCUT2D eigenvalue weighted by atomic mass is 127. The van der Waals surface area contributed by atoms with Gasteiger partial charge in [-0.1, -0.05) is 30.7 Å². The maximum absolute atomic E-state index is 4.52. The molecule has 1 aliphatic rings. The molecule has 30 heavy (non-hydrogen) atoms. The van der Waals surface area contributed by atoms with Crippen LogP contribution in [0.1, 0.15) is 53.9 Å². The molecule has 2 N–H and O–H groups in total. The number of unbranched alkanes of at least 4 members (excludes halogenated alkanes) is 1. The molecule has 1 fully saturated rings. The molecule has 2 aromatic rings. The van der Waals surface area contributed by atoms with Crippen LogP contribution >= 0.6 is 35.3 Å². The number of halogens is 1. The Bertz CT molecular complexity index is 753. The molecule has 1 aromatic carbocycles. The second-order valence-electron chi connectivity index (χ2n) is 7.85. The van der Waals surface area contributed by atoms with Crippen LogP contribution in [0.4, 0.5) is 0 Å². The summed E-state index contributed by atoms with van der Waals surface area (Å²) in [4.78, 5) is 11.4. The summed E-state index contributed by atoms with van der Waals surface area (Å²) in [6.07, 6.45) is 7.41. The Balaban J connectivity index is 0.00000320. The van der Waals surface area contributed by atoms with E-state index in [1.807, 2.05) is 7.05 Å². The quantitative estimate of drug-likeness (QED) is 0.208. The fourth-order valence-electron chi connectivity index (χ4n) is 3.67. The fraction of sp³-hybridized carbons (Fsp3) is 0.565. The summed E-state index contributed by atoms with van der Waals surface area (Å²) in [6.45, 7) is 7.35. The molecular weight excluding hydrogens is 505 g/mol. The van der Waals surface area contributed by atoms with Crippen molar-refractivity contribution in [3.63, 3.8) is 0 Å². The summed E-state index contributed by atoms with van der Waals surface area (Å²) < 4.78 is 0. The monoisotopic (exact) mass is 541 g/mol. The summed E-state index contributed by atoms with van der Waals surface area (Å²) >= 11 is 1.76. The van der Waals surface area contributed by atoms with E-state index in [9.17, 15) is 0 Å². The smallest absolute Gasteiger partial charge is 0.191 e. The molecule has 0 unspecified atom stereocenters. The summed E-state index contributed by atoms with van der Waals surface area (Å²) in [7, 11) is 1.83. The SMILES string of the molecule is CN=C(NCCCCc1nc(C)cs1)NCc1ccc(CN2CCCCC2)cc1.I. The molecule has 2 heterocycles. The van der Waals surface area contributed by atoms with Crippen molar-refractivity contribution in [2.75, 3.05) is 26.7 Å². The van der Waals surface area contributed by atoms with Gasteiger partial charge in [0.1, 0.15) is 0 Å². The third-order valence-corrected chi connectivity index (χ3v) is 6.36. The molecular formula is C23H36IN5S. The van der Waals surface area contributed by atoms with Gasteiger partial charge in [-0.05, 0) is 63.2 Å². The Morgan fingerprint density at radius 1 is 1.07 bits per heavy atom. The highest BCUT2D eigenvalue weighted by Gasteiger charge is 2.10. The minimum absolute atomic E-state index is 0. The standard InChI is InChI=1S/C23H35N5S.HI/c1-19-18-29-22(27-19)8-4-5-13-25-23(24-2)26-16-20-9-11-21(12-10-20)17-28-14-6-3-7-15-28;/h9-12,18H,3-8,13-17H2,1-2H3,(H2,24,25,26);1H. The minimum atomic E-state index is 0. The number of aliphatic imine (C=N–C) groups is 1. The maximum atomic E-state index is 4.52. The first kappa shape index (κ1) is 25.1. The van der Waals surface area contributed by atoms with Crippen LogP contribution < -0.4 is 10.6 Å². The van der Waals surface area contributed by atoms with E-state index in [1.54, 1.807) is 11.3 Å². The fourth-order valence-corrected chi connectivity index (χ4v) is 4.49. The van der Waals surface area contributed by atoms with Crippen molar-refractivity contribution in [3.8, 4) is 0 Å². The van der Waals surface area contributed by atoms with Gasteiger partial charge in [0, 0.05) is 37.8 Å². The zero-order chi connectivity index (χ0) is 20.3. The first-order valence-electron chi connectivity index (χ1n) is 10.9. The van der Waals surface area contributed by atoms with E-state index in [2.05, 4.69) is 62.1 Å². The van der Waals surface area contributed by atoms with E-state index in [-0.39, 0.29) is 24.0 Å². The first-order valence-corrected chi connectivity index (χ1v) is 11.8. The van der Waals surface area contributed by atoms with Gasteiger partial charge in [0.2, 0.25) is 0 Å². The number of nitrogens with one attached hydrogen (secondary N) is 2. The van der Waals surface area contributed by atoms with Crippen molar-refractivity contribution < 1.29 is 0 Å². The van der Waals surface area contributed by atoms with Crippen molar-refractivity contribution in [1.29, 1.82) is 0 Å². The van der Waals surface area contributed by atoms with Crippen molar-refractivity contribution >= 4 is 41.3 Å². The molecule has 1 aliphatic heterocycles. The van der Waals surface area contributed by atoms with E-state index in [4.69, 9.17) is 0 Å². The molecule has 5 nitrogen and oxygen atoms in total. The largest absolute Gasteiger partial charge is 0.356 e. The predicted molar refractivity (Wildman–Crippen MR) is 139 cm³/mol. The lowest BCUT2D eigenvalue weighted by Gasteiger charge is -2.26. The van der Waals surface area contributed by atoms with Gasteiger partial charge in [0.15, 0.2) is 5.96 Å². The van der Waals surface area contributed by atoms with Gasteiger partial charge in [-0.25, -0.2) is 4.98 Å². The van der Waals surface area contributed by atoms with E-state index in [1.165, 1.54) is 48.5 Å². The molecule has 0 aliphatic carbocycles. The molecule has 1 saturated heterocycles. The van der Waals surface area contributed by atoms with Gasteiger partial charge < -0.3 is 10.6 Å². The molecule has 0 radical (unpaired) electrons. The number of piperidine rings is 1. The number of likely N-dealkylation sites (tertiary alicyclic amines) is 1. The Hall–Kier alpha value is -1.19. The molecule has 0 atom stereocenters. The van der Waals surface area contributed by atoms with E-state index in [0.29, 0.717) is 0 Å². The van der Waals surface area contributed by atoms with Crippen LogP contribution in [0.25, 0.3) is 0 Å². The van der Waals surface area contributed by atoms with Crippen LogP contribution in [-0.2, 0) is 19.5 Å². The number of benzene rings is 1. The number of nitrogens with zero attached hydrogens (tertiary/aromatic N) is 3. The summed E-state index contributed by atoms with van der Waals surface area (Å²) in [5.41, 5.74) is 3.83. The lowest BCUT2D eigenvalue weighted by Crippen LogP contribution is -2.37. The molecule has 3 rings (SSSR count). The third-order valence-electron chi connectivity index (χ3n) is 5.34. The normalized spacial score (nSPS) is 14.9. The Kier molecular flexibility index (Phi) is 11.7. The second kappa shape index (κ2) is 14.0. The van der Waals surface area contributed by atoms with Gasteiger partial charge in [-0.2, -0.15) is 0 Å². The number of thiazole rings is 1. The predicted octanol–water partition coefficient (Wildman–Crippen LogP) is 4.74. The van der Waals surface area contributed by atoms with Crippen LogP contribution in [-0.4, -0.2) is 42.5 Å². The van der Waals surface area contributed by atoms with Crippen molar-refractivity contribution in [1.82, 2.24) is 20.5 Å². The van der Waals surface area contributed by atoms with Crippen LogP contribution in [0.5, 0.6) is 0 Å². The van der Waals surface area contributed by atoms with Crippen molar-refractivity contribution in [2.24, 2.45) is 4.99 Å². The number of aryl methyl sites for hydroxylation is 2. The van der Waals surface area contributed by atoms with Gasteiger partial charge in [0.25, 0.3) is 0 Å². The maximum Gasteiger partial charge on any atom is 0.191 e. The molecule has 0 spiro atoms. The highest BCUT2D eigenvalue weighted by molar-refractivity contribution is 14.0. The Labute approximate surface area is 202 Å². The lowest BCUT2D eigenvalue weighted by molar-refractivity contribution is 0.221. The molecule has 7 heteroatoms. The van der Waals surface area contributed by atoms with Crippen molar-refractivity contribution in [2.45, 2.75) is 58.5 Å². The molecule has 0 saturated carbocycles. The number of guanidine groups is 1. The first-order chi connectivity index (χ1) is 14.2. The molecule has 0 bridgehead atoms. The van der Waals surface area contributed by atoms with Crippen LogP contribution in [0.2, 0.25) is 0 Å². The molecule has 166 valence electrons. The van der Waals surface area contributed by atoms with Gasteiger partial charge in [-0.15, -0.1) is 35.3 Å². The van der Waals surface area contributed by atoms with Crippen molar-refractivity contribution in [3.05, 3.63) is 51.5 Å². The Morgan fingerprint density at radius 2 is 1.80 bits per heavy atom. The van der Waals surface area contributed by atoms with Crippen LogP contribution in [0.15, 0.2) is 34.6 Å². The van der Waals surface area contributed by atoms with Gasteiger partial charge in [-0.3, -0.25) is 9.89 Å². The third kappa shape index (κ3) is 8.89. The highest BCUT2D eigenvalue weighted by Crippen LogP contribution is 2.14. The summed E-state index contributed by atoms with van der Waals surface area (Å²) in [6, 6.07) is 9.00. The molecule has 0 amide bonds. The van der Waals surface area contributed by atoms with E-state index in [0.717, 1.165) is 50.6 Å². The van der Waals surface area contributed by atoms with E-state index < -0.39 is 0 Å². The average Bonchev–Trinajstić information content (AvgIpc) is 3.17. The number of rotatable bonds is 9. The minimum Gasteiger partial charge on any atom is -0.356 e. The molecule has 1 aromatic heterocycles. The number of aromatic nitrogens is 1. The van der Waals surface area contributed by atoms with Gasteiger partial charge in [0.05, 0.1) is 5.01 Å². The average molecular weight is 542 g/mol. The summed E-state index contributed by atoms with van der Waals surface area (Å²) in [5.74, 6) is 0.868. The zero-order valence-corrected chi connectivity index (χ0v) is 21.5. The Morgan fingerprint density at radius 3 is 2.47 bits per heavy atom. The van der Waals surface area contributed by atoms with Gasteiger partial charge >= 0.3 is 0 Å². The van der Waals surface area contributed by atoms with Crippen LogP contribution in [0, 0.1) is 6.92 Å². The second-order valence-corrected chi connectivity index (χ2v) is 8.79. The number of hydrogen-bond acceptors (Lipinski definition) is 4. The summed E-state index contributed by atoms with van der Waals surface area (Å²) in [5, 5.41) is 10.2. The topological polar surface area (TPSA) is 52.6 Å².